The molecule has 0 aliphatic carbocycles. The number of benzene rings is 1. The monoisotopic (exact) mass is 190 g/mol. The molecule has 72 valence electrons. The van der Waals surface area contributed by atoms with Crippen LogP contribution in [0.2, 0.25) is 0 Å². The van der Waals surface area contributed by atoms with Crippen LogP contribution in [-0.4, -0.2) is 17.4 Å². The summed E-state index contributed by atoms with van der Waals surface area (Å²) >= 11 is 0. The summed E-state index contributed by atoms with van der Waals surface area (Å²) in [6, 6.07) is 4.96. The number of hydrogen-bond acceptors (Lipinski definition) is 2. The van der Waals surface area contributed by atoms with E-state index in [9.17, 15) is 9.59 Å². The molecule has 0 fully saturated rings. The van der Waals surface area contributed by atoms with Gasteiger partial charge in [0.2, 0.25) is 0 Å². The normalized spacial score (nSPS) is 10.4. The molecule has 0 aliphatic rings. The molecule has 1 aromatic rings. The van der Waals surface area contributed by atoms with E-state index in [1.54, 1.807) is 25.1 Å². The molecule has 0 spiro atoms. The van der Waals surface area contributed by atoms with Crippen molar-refractivity contribution in [1.29, 1.82) is 0 Å². The van der Waals surface area contributed by atoms with Crippen molar-refractivity contribution in [3.8, 4) is 0 Å². The molecule has 0 bridgehead atoms. The first kappa shape index (κ1) is 10.2. The highest BCUT2D eigenvalue weighted by Gasteiger charge is 2.07. The quantitative estimate of drug-likeness (QED) is 0.585. The number of allylic oxidation sites excluding steroid dienone is 1. The molecule has 0 aliphatic heterocycles. The van der Waals surface area contributed by atoms with Gasteiger partial charge in [0.25, 0.3) is 0 Å². The summed E-state index contributed by atoms with van der Waals surface area (Å²) in [5.41, 5.74) is 1.67. The second-order valence-corrected chi connectivity index (χ2v) is 2.82. The molecule has 3 heteroatoms. The number of carboxylic acids is 1. The average Bonchev–Trinajstić information content (AvgIpc) is 2.16. The third-order valence-electron chi connectivity index (χ3n) is 1.96. The summed E-state index contributed by atoms with van der Waals surface area (Å²) in [6.45, 7) is 1.72. The van der Waals surface area contributed by atoms with Gasteiger partial charge < -0.3 is 5.11 Å². The lowest BCUT2D eigenvalue weighted by Crippen LogP contribution is -2.00. The van der Waals surface area contributed by atoms with Crippen LogP contribution in [0.1, 0.15) is 21.5 Å². The minimum Gasteiger partial charge on any atom is -0.478 e. The van der Waals surface area contributed by atoms with Gasteiger partial charge in [0.1, 0.15) is 6.29 Å². The van der Waals surface area contributed by atoms with Crippen molar-refractivity contribution < 1.29 is 14.7 Å². The summed E-state index contributed by atoms with van der Waals surface area (Å²) < 4.78 is 0. The molecule has 1 aromatic carbocycles. The number of carboxylic acid groups (broad SMARTS) is 1. The zero-order valence-electron chi connectivity index (χ0n) is 7.73. The highest BCUT2D eigenvalue weighted by Crippen LogP contribution is 2.14. The summed E-state index contributed by atoms with van der Waals surface area (Å²) in [4.78, 5) is 20.9. The highest BCUT2D eigenvalue weighted by molar-refractivity contribution is 5.90. The Morgan fingerprint density at radius 3 is 2.71 bits per heavy atom. The van der Waals surface area contributed by atoms with Crippen molar-refractivity contribution in [1.82, 2.24) is 0 Å². The Balaban J connectivity index is 3.20. The Bertz CT molecular complexity index is 392. The molecule has 0 heterocycles. The van der Waals surface area contributed by atoms with Crippen LogP contribution in [0.4, 0.5) is 0 Å². The Morgan fingerprint density at radius 2 is 2.14 bits per heavy atom. The predicted octanol–water partition coefficient (Wildman–Crippen LogP) is 1.91. The van der Waals surface area contributed by atoms with Crippen LogP contribution in [-0.2, 0) is 4.79 Å². The van der Waals surface area contributed by atoms with Gasteiger partial charge in [0.15, 0.2) is 0 Å². The summed E-state index contributed by atoms with van der Waals surface area (Å²) in [5.74, 6) is -0.955. The highest BCUT2D eigenvalue weighted by atomic mass is 16.4. The number of carbonyl (C=O) groups excluding carboxylic acids is 1. The number of hydrogen-bond donors (Lipinski definition) is 1. The number of aromatic carboxylic acids is 1. The van der Waals surface area contributed by atoms with E-state index in [-0.39, 0.29) is 5.56 Å². The smallest absolute Gasteiger partial charge is 0.335 e. The van der Waals surface area contributed by atoms with E-state index in [2.05, 4.69) is 0 Å². The van der Waals surface area contributed by atoms with Crippen molar-refractivity contribution in [3.63, 3.8) is 0 Å². The lowest BCUT2D eigenvalue weighted by Gasteiger charge is -2.03. The van der Waals surface area contributed by atoms with Gasteiger partial charge in [-0.05, 0) is 30.2 Å². The van der Waals surface area contributed by atoms with Crippen LogP contribution in [0, 0.1) is 6.92 Å². The first-order valence-corrected chi connectivity index (χ1v) is 4.11. The van der Waals surface area contributed by atoms with Gasteiger partial charge in [-0.25, -0.2) is 4.79 Å². The van der Waals surface area contributed by atoms with E-state index in [1.165, 1.54) is 12.1 Å². The van der Waals surface area contributed by atoms with Crippen LogP contribution >= 0.6 is 0 Å². The standard InChI is InChI=1S/C11H10O3/c1-8-9(5-3-7-12)4-2-6-10(8)11(13)14/h2-7H,1H3,(H,13,14). The maximum absolute atomic E-state index is 10.8. The zero-order valence-corrected chi connectivity index (χ0v) is 7.73. The van der Waals surface area contributed by atoms with Gasteiger partial charge in [-0.2, -0.15) is 0 Å². The van der Waals surface area contributed by atoms with Gasteiger partial charge in [-0.15, -0.1) is 0 Å². The molecule has 0 amide bonds. The lowest BCUT2D eigenvalue weighted by atomic mass is 10.0. The van der Waals surface area contributed by atoms with E-state index in [1.807, 2.05) is 0 Å². The first-order valence-electron chi connectivity index (χ1n) is 4.11. The zero-order chi connectivity index (χ0) is 10.6. The molecule has 0 aromatic heterocycles. The van der Waals surface area contributed by atoms with Crippen molar-refractivity contribution >= 4 is 18.3 Å². The Hall–Kier alpha value is -1.90. The van der Waals surface area contributed by atoms with E-state index in [4.69, 9.17) is 5.11 Å². The van der Waals surface area contributed by atoms with Crippen molar-refractivity contribution in [2.24, 2.45) is 0 Å². The Morgan fingerprint density at radius 1 is 1.43 bits per heavy atom. The Labute approximate surface area is 81.7 Å². The van der Waals surface area contributed by atoms with Crippen molar-refractivity contribution in [2.45, 2.75) is 6.92 Å². The van der Waals surface area contributed by atoms with Crippen LogP contribution in [0.15, 0.2) is 24.3 Å². The second kappa shape index (κ2) is 4.37. The number of carbonyl (C=O) groups is 2. The fourth-order valence-electron chi connectivity index (χ4n) is 1.21. The number of aldehydes is 1. The van der Waals surface area contributed by atoms with Crippen LogP contribution in [0.3, 0.4) is 0 Å². The minimum atomic E-state index is -0.955. The van der Waals surface area contributed by atoms with E-state index in [0.29, 0.717) is 11.8 Å². The number of rotatable bonds is 3. The third-order valence-corrected chi connectivity index (χ3v) is 1.96. The maximum atomic E-state index is 10.8. The molecule has 0 unspecified atom stereocenters. The van der Waals surface area contributed by atoms with E-state index >= 15 is 0 Å². The van der Waals surface area contributed by atoms with Crippen molar-refractivity contribution in [3.05, 3.63) is 41.0 Å². The molecule has 0 atom stereocenters. The molecule has 1 rings (SSSR count). The van der Waals surface area contributed by atoms with E-state index in [0.717, 1.165) is 5.56 Å². The third kappa shape index (κ3) is 2.07. The fourth-order valence-corrected chi connectivity index (χ4v) is 1.21. The first-order chi connectivity index (χ1) is 6.66. The average molecular weight is 190 g/mol. The molecule has 0 saturated heterocycles. The summed E-state index contributed by atoms with van der Waals surface area (Å²) in [5, 5.41) is 8.82. The predicted molar refractivity (Wildman–Crippen MR) is 53.2 cm³/mol. The van der Waals surface area contributed by atoms with Crippen LogP contribution in [0.5, 0.6) is 0 Å². The maximum Gasteiger partial charge on any atom is 0.335 e. The largest absolute Gasteiger partial charge is 0.478 e. The molecule has 0 saturated carbocycles. The fraction of sp³-hybridized carbons (Fsp3) is 0.0909. The second-order valence-electron chi connectivity index (χ2n) is 2.82. The molecule has 14 heavy (non-hydrogen) atoms. The van der Waals surface area contributed by atoms with Crippen LogP contribution in [0.25, 0.3) is 6.08 Å². The topological polar surface area (TPSA) is 54.4 Å². The molecule has 0 radical (unpaired) electrons. The molecule has 3 nitrogen and oxygen atoms in total. The SMILES string of the molecule is Cc1c(C=CC=O)cccc1C(=O)O. The van der Waals surface area contributed by atoms with Gasteiger partial charge in [0, 0.05) is 0 Å². The van der Waals surface area contributed by atoms with Gasteiger partial charge in [-0.1, -0.05) is 18.2 Å². The van der Waals surface area contributed by atoms with Gasteiger partial charge >= 0.3 is 5.97 Å². The van der Waals surface area contributed by atoms with Crippen molar-refractivity contribution in [2.75, 3.05) is 0 Å². The minimum absolute atomic E-state index is 0.262. The van der Waals surface area contributed by atoms with Crippen LogP contribution < -0.4 is 0 Å². The molecular weight excluding hydrogens is 180 g/mol. The molecule has 1 N–H and O–H groups in total. The molecular formula is C11H10O3. The Kier molecular flexibility index (Phi) is 3.18. The summed E-state index contributed by atoms with van der Waals surface area (Å²) in [7, 11) is 0. The summed E-state index contributed by atoms with van der Waals surface area (Å²) in [6.07, 6.45) is 3.59. The van der Waals surface area contributed by atoms with E-state index < -0.39 is 5.97 Å². The van der Waals surface area contributed by atoms with Gasteiger partial charge in [0.05, 0.1) is 5.56 Å². The van der Waals surface area contributed by atoms with Gasteiger partial charge in [-0.3, -0.25) is 4.79 Å². The lowest BCUT2D eigenvalue weighted by molar-refractivity contribution is -0.104.